The van der Waals surface area contributed by atoms with E-state index in [1.807, 2.05) is 18.2 Å². The molecule has 1 aliphatic carbocycles. The van der Waals surface area contributed by atoms with Crippen molar-refractivity contribution in [3.05, 3.63) is 40.9 Å². The first kappa shape index (κ1) is 15.5. The van der Waals surface area contributed by atoms with Crippen molar-refractivity contribution >= 4 is 23.5 Å². The van der Waals surface area contributed by atoms with Crippen molar-refractivity contribution in [3.8, 4) is 5.69 Å². The Kier molecular flexibility index (Phi) is 4.29. The predicted molar refractivity (Wildman–Crippen MR) is 82.9 cm³/mol. The Morgan fingerprint density at radius 1 is 1.35 bits per heavy atom. The molecular formula is C15H15ClN4O3. The van der Waals surface area contributed by atoms with Crippen molar-refractivity contribution in [2.24, 2.45) is 0 Å². The molecule has 0 bridgehead atoms. The monoisotopic (exact) mass is 334 g/mol. The van der Waals surface area contributed by atoms with E-state index in [4.69, 9.17) is 16.7 Å². The van der Waals surface area contributed by atoms with E-state index < -0.39 is 11.9 Å². The molecule has 0 aliphatic heterocycles. The largest absolute Gasteiger partial charge is 0.481 e. The first-order chi connectivity index (χ1) is 11.1. The summed E-state index contributed by atoms with van der Waals surface area (Å²) < 4.78 is 1.60. The van der Waals surface area contributed by atoms with Gasteiger partial charge in [0, 0.05) is 12.5 Å². The van der Waals surface area contributed by atoms with Crippen molar-refractivity contribution in [2.45, 2.75) is 25.2 Å². The van der Waals surface area contributed by atoms with Crippen LogP contribution in [0.1, 0.15) is 41.6 Å². The maximum atomic E-state index is 12.1. The Bertz CT molecular complexity index is 755. The average Bonchev–Trinajstić information content (AvgIpc) is 3.26. The first-order valence-electron chi connectivity index (χ1n) is 7.28. The SMILES string of the molecule is O=C(O)CCNC(=O)c1nc(C2CC2)n(-c2ccccc2Cl)n1. The highest BCUT2D eigenvalue weighted by atomic mass is 35.5. The van der Waals surface area contributed by atoms with Crippen molar-refractivity contribution < 1.29 is 14.7 Å². The smallest absolute Gasteiger partial charge is 0.305 e. The summed E-state index contributed by atoms with van der Waals surface area (Å²) in [6.07, 6.45) is 1.86. The average molecular weight is 335 g/mol. The number of carbonyl (C=O) groups is 2. The fourth-order valence-electron chi connectivity index (χ4n) is 2.19. The van der Waals surface area contributed by atoms with Gasteiger partial charge in [0.15, 0.2) is 0 Å². The molecular weight excluding hydrogens is 320 g/mol. The van der Waals surface area contributed by atoms with Gasteiger partial charge in [0.05, 0.1) is 17.1 Å². The van der Waals surface area contributed by atoms with Gasteiger partial charge in [0.2, 0.25) is 5.82 Å². The summed E-state index contributed by atoms with van der Waals surface area (Å²) in [6, 6.07) is 7.22. The molecule has 120 valence electrons. The highest BCUT2D eigenvalue weighted by molar-refractivity contribution is 6.32. The second kappa shape index (κ2) is 6.37. The van der Waals surface area contributed by atoms with Crippen LogP contribution in [0.4, 0.5) is 0 Å². The Labute approximate surface area is 137 Å². The molecule has 0 spiro atoms. The third kappa shape index (κ3) is 3.50. The summed E-state index contributed by atoms with van der Waals surface area (Å²) in [5.41, 5.74) is 0.674. The lowest BCUT2D eigenvalue weighted by atomic mass is 10.3. The lowest BCUT2D eigenvalue weighted by molar-refractivity contribution is -0.136. The van der Waals surface area contributed by atoms with Crippen LogP contribution in [0.5, 0.6) is 0 Å². The van der Waals surface area contributed by atoms with Crippen LogP contribution in [0, 0.1) is 0 Å². The molecule has 8 heteroatoms. The highest BCUT2D eigenvalue weighted by Crippen LogP contribution is 2.40. The molecule has 0 unspecified atom stereocenters. The molecule has 0 radical (unpaired) electrons. The number of amides is 1. The Morgan fingerprint density at radius 3 is 2.74 bits per heavy atom. The molecule has 7 nitrogen and oxygen atoms in total. The van der Waals surface area contributed by atoms with Gasteiger partial charge in [-0.3, -0.25) is 9.59 Å². The third-order valence-corrected chi connectivity index (χ3v) is 3.80. The second-order valence-electron chi connectivity index (χ2n) is 5.33. The van der Waals surface area contributed by atoms with Crippen LogP contribution in [-0.2, 0) is 4.79 Å². The standard InChI is InChI=1S/C15H15ClN4O3/c16-10-3-1-2-4-11(10)20-14(9-5-6-9)18-13(19-20)15(23)17-8-7-12(21)22/h1-4,9H,5-8H2,(H,17,23)(H,21,22). The van der Waals surface area contributed by atoms with Crippen molar-refractivity contribution in [2.75, 3.05) is 6.54 Å². The molecule has 1 aromatic heterocycles. The summed E-state index contributed by atoms with van der Waals surface area (Å²) in [6.45, 7) is 0.0353. The minimum absolute atomic E-state index is 0.0252. The van der Waals surface area contributed by atoms with E-state index >= 15 is 0 Å². The van der Waals surface area contributed by atoms with E-state index in [9.17, 15) is 9.59 Å². The van der Waals surface area contributed by atoms with E-state index in [2.05, 4.69) is 15.4 Å². The number of hydrogen-bond donors (Lipinski definition) is 2. The Balaban J connectivity index is 1.86. The van der Waals surface area contributed by atoms with E-state index in [-0.39, 0.29) is 24.7 Å². The van der Waals surface area contributed by atoms with Crippen molar-refractivity contribution in [1.82, 2.24) is 20.1 Å². The highest BCUT2D eigenvalue weighted by Gasteiger charge is 2.31. The number of nitrogens with one attached hydrogen (secondary N) is 1. The zero-order valence-electron chi connectivity index (χ0n) is 12.2. The van der Waals surface area contributed by atoms with E-state index in [1.54, 1.807) is 10.7 Å². The summed E-state index contributed by atoms with van der Waals surface area (Å²) in [7, 11) is 0. The Hall–Kier alpha value is -2.41. The maximum Gasteiger partial charge on any atom is 0.305 e. The van der Waals surface area contributed by atoms with Crippen molar-refractivity contribution in [3.63, 3.8) is 0 Å². The fraction of sp³-hybridized carbons (Fsp3) is 0.333. The number of nitrogens with zero attached hydrogens (tertiary/aromatic N) is 3. The molecule has 3 rings (SSSR count). The zero-order chi connectivity index (χ0) is 16.4. The quantitative estimate of drug-likeness (QED) is 0.842. The van der Waals surface area contributed by atoms with E-state index in [0.29, 0.717) is 16.5 Å². The molecule has 0 saturated heterocycles. The minimum Gasteiger partial charge on any atom is -0.481 e. The number of halogens is 1. The van der Waals surface area contributed by atoms with E-state index in [1.165, 1.54) is 0 Å². The van der Waals surface area contributed by atoms with Crippen LogP contribution in [0.3, 0.4) is 0 Å². The molecule has 0 atom stereocenters. The van der Waals surface area contributed by atoms with Gasteiger partial charge in [-0.05, 0) is 25.0 Å². The van der Waals surface area contributed by atoms with Crippen LogP contribution < -0.4 is 5.32 Å². The number of benzene rings is 1. The lowest BCUT2D eigenvalue weighted by Crippen LogP contribution is -2.27. The number of carboxylic acids is 1. The van der Waals surface area contributed by atoms with Crippen LogP contribution in [0.15, 0.2) is 24.3 Å². The molecule has 23 heavy (non-hydrogen) atoms. The summed E-state index contributed by atoms with van der Waals surface area (Å²) in [5.74, 6) is -0.449. The molecule has 1 fully saturated rings. The number of carboxylic acid groups (broad SMARTS) is 1. The Morgan fingerprint density at radius 2 is 2.09 bits per heavy atom. The van der Waals surface area contributed by atoms with Crippen LogP contribution in [0.25, 0.3) is 5.69 Å². The number of para-hydroxylation sites is 1. The number of rotatable bonds is 6. The summed E-state index contributed by atoms with van der Waals surface area (Å²) >= 11 is 6.21. The van der Waals surface area contributed by atoms with Gasteiger partial charge >= 0.3 is 5.97 Å². The van der Waals surface area contributed by atoms with Gasteiger partial charge in [-0.25, -0.2) is 9.67 Å². The topological polar surface area (TPSA) is 97.1 Å². The number of hydrogen-bond acceptors (Lipinski definition) is 4. The van der Waals surface area contributed by atoms with Gasteiger partial charge in [-0.15, -0.1) is 5.10 Å². The molecule has 2 N–H and O–H groups in total. The second-order valence-corrected chi connectivity index (χ2v) is 5.74. The summed E-state index contributed by atoms with van der Waals surface area (Å²) in [4.78, 5) is 26.9. The fourth-order valence-corrected chi connectivity index (χ4v) is 2.40. The molecule has 2 aromatic rings. The van der Waals surface area contributed by atoms with Gasteiger partial charge in [-0.2, -0.15) is 0 Å². The summed E-state index contributed by atoms with van der Waals surface area (Å²) in [5, 5.41) is 15.9. The maximum absolute atomic E-state index is 12.1. The van der Waals surface area contributed by atoms with Crippen molar-refractivity contribution in [1.29, 1.82) is 0 Å². The van der Waals surface area contributed by atoms with E-state index in [0.717, 1.165) is 12.8 Å². The number of aliphatic carboxylic acids is 1. The number of carbonyl (C=O) groups excluding carboxylic acids is 1. The van der Waals surface area contributed by atoms with Gasteiger partial charge < -0.3 is 10.4 Å². The molecule has 1 saturated carbocycles. The molecule has 1 amide bonds. The van der Waals surface area contributed by atoms with Gasteiger partial charge in [-0.1, -0.05) is 23.7 Å². The van der Waals surface area contributed by atoms with Crippen LogP contribution in [0.2, 0.25) is 5.02 Å². The molecule has 1 heterocycles. The molecule has 1 aliphatic rings. The normalized spacial score (nSPS) is 13.8. The third-order valence-electron chi connectivity index (χ3n) is 3.48. The van der Waals surface area contributed by atoms with Gasteiger partial charge in [0.25, 0.3) is 5.91 Å². The zero-order valence-corrected chi connectivity index (χ0v) is 13.0. The number of aromatic nitrogens is 3. The molecule has 1 aromatic carbocycles. The first-order valence-corrected chi connectivity index (χ1v) is 7.66. The van der Waals surface area contributed by atoms with Crippen LogP contribution in [-0.4, -0.2) is 38.3 Å². The van der Waals surface area contributed by atoms with Gasteiger partial charge in [0.1, 0.15) is 5.82 Å². The van der Waals surface area contributed by atoms with Crippen LogP contribution >= 0.6 is 11.6 Å². The lowest BCUT2D eigenvalue weighted by Gasteiger charge is -2.06. The predicted octanol–water partition coefficient (Wildman–Crippen LogP) is 2.00. The minimum atomic E-state index is -0.974.